The van der Waals surface area contributed by atoms with Crippen molar-refractivity contribution >= 4 is 178 Å². The van der Waals surface area contributed by atoms with Gasteiger partial charge < -0.3 is 24.0 Å². The van der Waals surface area contributed by atoms with Gasteiger partial charge in [-0.1, -0.05) is 231 Å². The van der Waals surface area contributed by atoms with Crippen LogP contribution in [0.3, 0.4) is 0 Å². The molecule has 0 saturated heterocycles. The van der Waals surface area contributed by atoms with Gasteiger partial charge in [-0.15, -0.1) is 0 Å². The number of furan rings is 1. The third kappa shape index (κ3) is 8.25. The lowest BCUT2D eigenvalue weighted by Gasteiger charge is -2.45. The Balaban J connectivity index is 0.933. The molecular weight excluding hydrogens is 1160 g/mol. The van der Waals surface area contributed by atoms with Crippen LogP contribution in [0.1, 0.15) is 0 Å². The van der Waals surface area contributed by atoms with Crippen LogP contribution >= 0.6 is 0 Å². The minimum atomic E-state index is -0.231. The van der Waals surface area contributed by atoms with Crippen LogP contribution in [0, 0.1) is 0 Å². The van der Waals surface area contributed by atoms with Crippen LogP contribution in [0.2, 0.25) is 0 Å². The van der Waals surface area contributed by atoms with Gasteiger partial charge in [0.25, 0.3) is 6.71 Å². The van der Waals surface area contributed by atoms with Crippen LogP contribution in [-0.2, 0) is 0 Å². The lowest BCUT2D eigenvalue weighted by Crippen LogP contribution is -2.61. The van der Waals surface area contributed by atoms with Crippen molar-refractivity contribution in [1.29, 1.82) is 0 Å². The van der Waals surface area contributed by atoms with E-state index in [1.165, 1.54) is 81.0 Å². The van der Waals surface area contributed by atoms with Crippen LogP contribution in [0.4, 0.5) is 68.2 Å². The van der Waals surface area contributed by atoms with Crippen molar-refractivity contribution in [2.75, 3.05) is 19.6 Å². The van der Waals surface area contributed by atoms with E-state index in [-0.39, 0.29) is 6.71 Å². The van der Waals surface area contributed by atoms with E-state index >= 15 is 0 Å². The molecule has 1 aromatic heterocycles. The molecule has 0 saturated carbocycles. The van der Waals surface area contributed by atoms with Crippen LogP contribution in [0.25, 0.3) is 97.7 Å². The van der Waals surface area contributed by atoms with Crippen LogP contribution in [0.15, 0.2) is 350 Å². The molecule has 0 unspecified atom stereocenters. The molecule has 0 fully saturated rings. The summed E-state index contributed by atoms with van der Waals surface area (Å²) >= 11 is 0. The molecule has 0 atom stereocenters. The van der Waals surface area contributed by atoms with Crippen molar-refractivity contribution in [1.82, 2.24) is 0 Å². The largest absolute Gasteiger partial charge is 0.455 e. The summed E-state index contributed by atoms with van der Waals surface area (Å²) in [6, 6.07) is 128. The molecule has 20 rings (SSSR count). The first-order chi connectivity index (χ1) is 47.6. The normalized spacial score (nSPS) is 12.5. The van der Waals surface area contributed by atoms with Crippen LogP contribution < -0.4 is 36.0 Å². The van der Waals surface area contributed by atoms with E-state index in [1.54, 1.807) is 0 Å². The number of benzene rings is 17. The van der Waals surface area contributed by atoms with Gasteiger partial charge in [-0.25, -0.2) is 0 Å². The molecule has 3 heterocycles. The molecule has 18 aromatic rings. The van der Waals surface area contributed by atoms with Crippen LogP contribution in [0.5, 0.6) is 0 Å². The summed E-state index contributed by atoms with van der Waals surface area (Å²) in [5.74, 6) is 0. The molecule has 0 aliphatic carbocycles. The van der Waals surface area contributed by atoms with Gasteiger partial charge in [0.2, 0.25) is 0 Å². The zero-order valence-electron chi connectivity index (χ0n) is 52.2. The maximum atomic E-state index is 7.09. The minimum Gasteiger partial charge on any atom is -0.455 e. The molecule has 0 N–H and O–H groups in total. The Hall–Kier alpha value is -12.6. The van der Waals surface area contributed by atoms with Crippen molar-refractivity contribution in [2.45, 2.75) is 0 Å². The van der Waals surface area contributed by atoms with Crippen molar-refractivity contribution in [2.24, 2.45) is 0 Å². The number of anilines is 12. The summed E-state index contributed by atoms with van der Waals surface area (Å²) in [6.45, 7) is -0.231. The second-order valence-electron chi connectivity index (χ2n) is 25.5. The van der Waals surface area contributed by atoms with E-state index in [4.69, 9.17) is 4.42 Å². The zero-order valence-corrected chi connectivity index (χ0v) is 52.2. The summed E-state index contributed by atoms with van der Waals surface area (Å²) in [5, 5.41) is 16.9. The van der Waals surface area contributed by atoms with E-state index in [9.17, 15) is 0 Å². The van der Waals surface area contributed by atoms with Gasteiger partial charge in [0.1, 0.15) is 11.2 Å². The quantitative estimate of drug-likeness (QED) is 0.106. The average molecular weight is 1220 g/mol. The monoisotopic (exact) mass is 1220 g/mol. The van der Waals surface area contributed by atoms with Gasteiger partial charge in [-0.05, 0) is 202 Å². The number of fused-ring (bicyclic) bond motifs is 19. The van der Waals surface area contributed by atoms with E-state index in [1.807, 2.05) is 0 Å². The Kier molecular flexibility index (Phi) is 12.1. The first kappa shape index (κ1) is 54.0. The van der Waals surface area contributed by atoms with Gasteiger partial charge in [0, 0.05) is 84.6 Å². The lowest BCUT2D eigenvalue weighted by atomic mass is 9.33. The minimum absolute atomic E-state index is 0.231. The smallest absolute Gasteiger partial charge is 0.252 e. The number of hydrogen-bond donors (Lipinski definition) is 0. The van der Waals surface area contributed by atoms with Crippen LogP contribution in [-0.4, -0.2) is 6.71 Å². The first-order valence-electron chi connectivity index (χ1n) is 33.1. The third-order valence-corrected chi connectivity index (χ3v) is 20.3. The second-order valence-corrected chi connectivity index (χ2v) is 25.5. The Morgan fingerprint density at radius 3 is 0.990 bits per heavy atom. The topological polar surface area (TPSA) is 26.1 Å². The highest BCUT2D eigenvalue weighted by Gasteiger charge is 2.45. The fourth-order valence-corrected chi connectivity index (χ4v) is 16.2. The Bertz CT molecular complexity index is 5720. The van der Waals surface area contributed by atoms with Gasteiger partial charge >= 0.3 is 0 Å². The molecule has 5 nitrogen and oxygen atoms in total. The van der Waals surface area contributed by atoms with Crippen molar-refractivity contribution < 1.29 is 4.42 Å². The molecule has 96 heavy (non-hydrogen) atoms. The first-order valence-corrected chi connectivity index (χ1v) is 33.1. The molecule has 446 valence electrons. The highest BCUT2D eigenvalue weighted by atomic mass is 16.3. The predicted octanol–water partition coefficient (Wildman–Crippen LogP) is 23.2. The molecule has 0 amide bonds. The summed E-state index contributed by atoms with van der Waals surface area (Å²) in [7, 11) is 0. The predicted molar refractivity (Wildman–Crippen MR) is 408 cm³/mol. The molecule has 2 aliphatic heterocycles. The third-order valence-electron chi connectivity index (χ3n) is 20.3. The van der Waals surface area contributed by atoms with Gasteiger partial charge in [-0.3, -0.25) is 0 Å². The molecule has 0 spiro atoms. The summed E-state index contributed by atoms with van der Waals surface area (Å²) in [4.78, 5) is 9.99. The molecule has 17 aromatic carbocycles. The number of nitrogens with zero attached hydrogens (tertiary/aromatic N) is 4. The number of rotatable bonds is 9. The standard InChI is InChI=1S/C90H57BN4O/c1-5-24-59(25-6-1)92(60-26-7-2-8-27-60)65-46-50-82-84(56-65)94(63-44-48-76-72-36-15-13-32-68(72)70-34-17-19-38-74(70)80(76)54-63)86-52-58(67-41-23-42-79-78-40-21-22-43-88(78)96-90(67)79)53-87-89(86)91(82)83-51-47-66(93(61-28-9-3-10-29-61)62-30-11-4-12-31-62)57-85(83)95(87)64-45-49-77-73-37-16-14-33-69(73)71-35-18-20-39-75(71)81(77)55-64/h1-57H. The average Bonchev–Trinajstić information content (AvgIpc) is 0.737. The summed E-state index contributed by atoms with van der Waals surface area (Å²) < 4.78 is 7.09. The van der Waals surface area contributed by atoms with Gasteiger partial charge in [0.05, 0.1) is 0 Å². The Morgan fingerprint density at radius 2 is 0.583 bits per heavy atom. The van der Waals surface area contributed by atoms with Gasteiger partial charge in [0.15, 0.2) is 0 Å². The summed E-state index contributed by atoms with van der Waals surface area (Å²) in [5.41, 5.74) is 20.3. The Labute approximate surface area is 555 Å². The van der Waals surface area contributed by atoms with Crippen molar-refractivity contribution in [3.63, 3.8) is 0 Å². The van der Waals surface area contributed by atoms with E-state index in [0.717, 1.165) is 101 Å². The molecule has 2 aliphatic rings. The van der Waals surface area contributed by atoms with E-state index in [2.05, 4.69) is 365 Å². The van der Waals surface area contributed by atoms with Gasteiger partial charge in [-0.2, -0.15) is 0 Å². The second kappa shape index (κ2) is 21.5. The maximum Gasteiger partial charge on any atom is 0.252 e. The van der Waals surface area contributed by atoms with Crippen molar-refractivity contribution in [3.05, 3.63) is 346 Å². The summed E-state index contributed by atoms with van der Waals surface area (Å²) in [6.07, 6.45) is 0. The maximum absolute atomic E-state index is 7.09. The molecular formula is C90H57BN4O. The Morgan fingerprint density at radius 1 is 0.240 bits per heavy atom. The molecule has 0 radical (unpaired) electrons. The highest BCUT2D eigenvalue weighted by Crippen LogP contribution is 2.52. The fourth-order valence-electron chi connectivity index (χ4n) is 16.2. The van der Waals surface area contributed by atoms with Crippen molar-refractivity contribution in [3.8, 4) is 11.1 Å². The highest BCUT2D eigenvalue weighted by molar-refractivity contribution is 7.00. The molecule has 6 heteroatoms. The number of para-hydroxylation sites is 6. The SMILES string of the molecule is c1ccc(N(c2ccccc2)c2ccc3c(c2)N(c2ccc4c5ccccc5c5ccccc5c4c2)c2cc(-c4cccc5c4oc4ccccc45)cc4c2B3c2ccc(N(c3ccccc3)c3ccccc3)cc2N4c2ccc3c4ccccc4c4ccccc4c3c2)cc1. The van der Waals surface area contributed by atoms with E-state index in [0.29, 0.717) is 0 Å². The van der Waals surface area contributed by atoms with E-state index < -0.39 is 0 Å². The zero-order chi connectivity index (χ0) is 63.0. The lowest BCUT2D eigenvalue weighted by molar-refractivity contribution is 0.670. The number of hydrogen-bond acceptors (Lipinski definition) is 5. The molecule has 0 bridgehead atoms. The fraction of sp³-hybridized carbons (Fsp3) is 0.